The van der Waals surface area contributed by atoms with E-state index < -0.39 is 0 Å². The number of nitrogens with zero attached hydrogens (tertiary/aromatic N) is 4. The quantitative estimate of drug-likeness (QED) is 0.223. The van der Waals surface area contributed by atoms with Gasteiger partial charge in [-0.25, -0.2) is 5.43 Å². The summed E-state index contributed by atoms with van der Waals surface area (Å²) in [5, 5.41) is 13.4. The molecular weight excluding hydrogens is 450 g/mol. The number of hydrazone groups is 1. The van der Waals surface area contributed by atoms with Crippen LogP contribution in [0, 0.1) is 0 Å². The minimum Gasteiger partial charge on any atom is -0.493 e. The summed E-state index contributed by atoms with van der Waals surface area (Å²) in [4.78, 5) is 12.4. The highest BCUT2D eigenvalue weighted by Gasteiger charge is 2.17. The zero-order chi connectivity index (χ0) is 23.8. The number of carbonyl (C=O) groups excluding carboxylic acids is 1. The number of carbonyl (C=O) groups is 1. The Kier molecular flexibility index (Phi) is 7.56. The van der Waals surface area contributed by atoms with Crippen LogP contribution in [0.1, 0.15) is 5.56 Å². The van der Waals surface area contributed by atoms with Crippen LogP contribution in [0.3, 0.4) is 0 Å². The maximum Gasteiger partial charge on any atom is 0.250 e. The summed E-state index contributed by atoms with van der Waals surface area (Å²) in [6, 6.07) is 25.0. The Balaban J connectivity index is 1.45. The third-order valence-electron chi connectivity index (χ3n) is 4.82. The molecule has 0 saturated heterocycles. The molecule has 0 aliphatic carbocycles. The van der Waals surface area contributed by atoms with Crippen molar-refractivity contribution in [3.8, 4) is 28.6 Å². The number of aromatic nitrogens is 3. The van der Waals surface area contributed by atoms with Gasteiger partial charge in [-0.3, -0.25) is 9.36 Å². The number of para-hydroxylation sites is 1. The first-order valence-electron chi connectivity index (χ1n) is 10.4. The lowest BCUT2D eigenvalue weighted by molar-refractivity contribution is -0.118. The van der Waals surface area contributed by atoms with Crippen LogP contribution in [0.2, 0.25) is 0 Å². The minimum atomic E-state index is -0.259. The van der Waals surface area contributed by atoms with Gasteiger partial charge in [0.05, 0.1) is 26.2 Å². The van der Waals surface area contributed by atoms with Crippen LogP contribution in [0.15, 0.2) is 89.1 Å². The lowest BCUT2D eigenvalue weighted by atomic mass is 10.2. The van der Waals surface area contributed by atoms with Gasteiger partial charge in [-0.05, 0) is 35.9 Å². The molecule has 0 radical (unpaired) electrons. The predicted octanol–water partition coefficient (Wildman–Crippen LogP) is 4.19. The standard InChI is InChI=1S/C25H23N5O3S/c1-32-21-14-13-18(15-22(21)33-2)16-26-27-23(31)17-34-25-29-28-24(19-9-5-3-6-10-19)30(25)20-11-7-4-8-12-20/h3-16H,17H2,1-2H3,(H,27,31)/b26-16-. The van der Waals surface area contributed by atoms with E-state index in [1.807, 2.05) is 71.3 Å². The molecule has 1 heterocycles. The molecule has 4 aromatic rings. The van der Waals surface area contributed by atoms with Gasteiger partial charge in [0.25, 0.3) is 5.91 Å². The Bertz CT molecular complexity index is 1280. The van der Waals surface area contributed by atoms with Gasteiger partial charge in [0, 0.05) is 11.3 Å². The van der Waals surface area contributed by atoms with Crippen molar-refractivity contribution in [1.29, 1.82) is 0 Å². The molecule has 34 heavy (non-hydrogen) atoms. The molecule has 0 aliphatic rings. The van der Waals surface area contributed by atoms with E-state index in [-0.39, 0.29) is 11.7 Å². The third-order valence-corrected chi connectivity index (χ3v) is 5.75. The molecule has 0 bridgehead atoms. The number of methoxy groups -OCH3 is 2. The first-order chi connectivity index (χ1) is 16.7. The molecule has 0 saturated carbocycles. The number of hydrogen-bond donors (Lipinski definition) is 1. The summed E-state index contributed by atoms with van der Waals surface area (Å²) in [5.41, 5.74) is 5.17. The number of rotatable bonds is 9. The van der Waals surface area contributed by atoms with Gasteiger partial charge in [-0.2, -0.15) is 5.10 Å². The molecule has 1 N–H and O–H groups in total. The Hall–Kier alpha value is -4.11. The van der Waals surface area contributed by atoms with Crippen LogP contribution in [-0.4, -0.2) is 46.9 Å². The average Bonchev–Trinajstić information content (AvgIpc) is 3.32. The summed E-state index contributed by atoms with van der Waals surface area (Å²) in [7, 11) is 3.14. The van der Waals surface area contributed by atoms with E-state index in [0.717, 1.165) is 16.8 Å². The number of ether oxygens (including phenoxy) is 2. The number of amides is 1. The lowest BCUT2D eigenvalue weighted by Crippen LogP contribution is -2.20. The topological polar surface area (TPSA) is 90.6 Å². The molecule has 0 fully saturated rings. The van der Waals surface area contributed by atoms with E-state index in [4.69, 9.17) is 9.47 Å². The fraction of sp³-hybridized carbons (Fsp3) is 0.120. The highest BCUT2D eigenvalue weighted by atomic mass is 32.2. The van der Waals surface area contributed by atoms with E-state index in [1.54, 1.807) is 32.6 Å². The Morgan fingerprint density at radius 2 is 1.68 bits per heavy atom. The summed E-state index contributed by atoms with van der Waals surface area (Å²) >= 11 is 1.29. The summed E-state index contributed by atoms with van der Waals surface area (Å²) in [6.07, 6.45) is 1.55. The molecular formula is C25H23N5O3S. The van der Waals surface area contributed by atoms with Gasteiger partial charge >= 0.3 is 0 Å². The van der Waals surface area contributed by atoms with Crippen LogP contribution >= 0.6 is 11.8 Å². The van der Waals surface area contributed by atoms with Crippen molar-refractivity contribution in [3.63, 3.8) is 0 Å². The molecule has 172 valence electrons. The van der Waals surface area contributed by atoms with Gasteiger partial charge in [0.15, 0.2) is 22.5 Å². The SMILES string of the molecule is COc1ccc(/C=N\NC(=O)CSc2nnc(-c3ccccc3)n2-c2ccccc2)cc1OC. The van der Waals surface area contributed by atoms with Crippen molar-refractivity contribution in [1.82, 2.24) is 20.2 Å². The average molecular weight is 474 g/mol. The normalized spacial score (nSPS) is 10.9. The molecule has 0 aliphatic heterocycles. The lowest BCUT2D eigenvalue weighted by Gasteiger charge is -2.10. The summed E-state index contributed by atoms with van der Waals surface area (Å²) < 4.78 is 12.4. The molecule has 4 rings (SSSR count). The molecule has 8 nitrogen and oxygen atoms in total. The molecule has 0 unspecified atom stereocenters. The maximum atomic E-state index is 12.4. The molecule has 1 aromatic heterocycles. The molecule has 1 amide bonds. The number of hydrogen-bond acceptors (Lipinski definition) is 7. The molecule has 3 aromatic carbocycles. The Labute approximate surface area is 201 Å². The second-order valence-corrected chi connectivity index (χ2v) is 7.98. The zero-order valence-electron chi connectivity index (χ0n) is 18.7. The molecule has 0 atom stereocenters. The highest BCUT2D eigenvalue weighted by Crippen LogP contribution is 2.28. The van der Waals surface area contributed by atoms with Crippen molar-refractivity contribution < 1.29 is 14.3 Å². The first kappa shape index (κ1) is 23.1. The van der Waals surface area contributed by atoms with Gasteiger partial charge in [0.2, 0.25) is 0 Å². The van der Waals surface area contributed by atoms with Crippen molar-refractivity contribution in [2.24, 2.45) is 5.10 Å². The van der Waals surface area contributed by atoms with Crippen molar-refractivity contribution in [3.05, 3.63) is 84.4 Å². The number of nitrogens with one attached hydrogen (secondary N) is 1. The number of thioether (sulfide) groups is 1. The van der Waals surface area contributed by atoms with Crippen LogP contribution in [0.4, 0.5) is 0 Å². The predicted molar refractivity (Wildman–Crippen MR) is 133 cm³/mol. The van der Waals surface area contributed by atoms with Crippen LogP contribution in [0.5, 0.6) is 11.5 Å². The molecule has 9 heteroatoms. The summed E-state index contributed by atoms with van der Waals surface area (Å²) in [6.45, 7) is 0. The van der Waals surface area contributed by atoms with E-state index >= 15 is 0 Å². The van der Waals surface area contributed by atoms with Crippen molar-refractivity contribution in [2.75, 3.05) is 20.0 Å². The van der Waals surface area contributed by atoms with Crippen LogP contribution in [0.25, 0.3) is 17.1 Å². The van der Waals surface area contributed by atoms with Crippen molar-refractivity contribution in [2.45, 2.75) is 5.16 Å². The maximum absolute atomic E-state index is 12.4. The van der Waals surface area contributed by atoms with E-state index in [9.17, 15) is 4.79 Å². The highest BCUT2D eigenvalue weighted by molar-refractivity contribution is 7.99. The van der Waals surface area contributed by atoms with Gasteiger partial charge in [-0.15, -0.1) is 10.2 Å². The largest absolute Gasteiger partial charge is 0.493 e. The van der Waals surface area contributed by atoms with Crippen molar-refractivity contribution >= 4 is 23.9 Å². The zero-order valence-corrected chi connectivity index (χ0v) is 19.5. The smallest absolute Gasteiger partial charge is 0.250 e. The fourth-order valence-corrected chi connectivity index (χ4v) is 3.97. The minimum absolute atomic E-state index is 0.128. The second kappa shape index (κ2) is 11.2. The third kappa shape index (κ3) is 5.44. The monoisotopic (exact) mass is 473 g/mol. The van der Waals surface area contributed by atoms with Crippen LogP contribution < -0.4 is 14.9 Å². The van der Waals surface area contributed by atoms with Crippen LogP contribution in [-0.2, 0) is 4.79 Å². The van der Waals surface area contributed by atoms with Gasteiger partial charge in [-0.1, -0.05) is 60.3 Å². The van der Waals surface area contributed by atoms with E-state index in [2.05, 4.69) is 20.7 Å². The van der Waals surface area contributed by atoms with Gasteiger partial charge < -0.3 is 9.47 Å². The van der Waals surface area contributed by atoms with E-state index in [0.29, 0.717) is 22.5 Å². The second-order valence-electron chi connectivity index (χ2n) is 7.04. The van der Waals surface area contributed by atoms with E-state index in [1.165, 1.54) is 11.8 Å². The van der Waals surface area contributed by atoms with Gasteiger partial charge in [0.1, 0.15) is 0 Å². The Morgan fingerprint density at radius 3 is 2.38 bits per heavy atom. The summed E-state index contributed by atoms with van der Waals surface area (Å²) in [5.74, 6) is 1.79. The molecule has 0 spiro atoms. The fourth-order valence-electron chi connectivity index (χ4n) is 3.22. The Morgan fingerprint density at radius 1 is 0.971 bits per heavy atom. The first-order valence-corrected chi connectivity index (χ1v) is 11.4. The number of benzene rings is 3.